The SMILES string of the molecule is CSc1cccc(NC(=O)C(=O)NCCc2csc3nc(-c4ccccc4F)nn23)c1. The first-order chi connectivity index (χ1) is 15.0. The molecular weight excluding hydrogens is 437 g/mol. The molecule has 0 atom stereocenters. The maximum absolute atomic E-state index is 14.0. The number of carbonyl (C=O) groups excluding carboxylic acids is 2. The average molecular weight is 456 g/mol. The van der Waals surface area contributed by atoms with Crippen LogP contribution in [0.25, 0.3) is 16.3 Å². The number of hydrogen-bond acceptors (Lipinski definition) is 6. The molecule has 0 spiro atoms. The predicted octanol–water partition coefficient (Wildman–Crippen LogP) is 3.62. The maximum Gasteiger partial charge on any atom is 0.313 e. The van der Waals surface area contributed by atoms with Gasteiger partial charge in [0.2, 0.25) is 4.96 Å². The van der Waals surface area contributed by atoms with E-state index >= 15 is 0 Å². The van der Waals surface area contributed by atoms with Crippen molar-refractivity contribution in [2.75, 3.05) is 18.1 Å². The molecule has 31 heavy (non-hydrogen) atoms. The van der Waals surface area contributed by atoms with Crippen LogP contribution in [0.5, 0.6) is 0 Å². The number of thioether (sulfide) groups is 1. The number of anilines is 1. The highest BCUT2D eigenvalue weighted by atomic mass is 32.2. The fourth-order valence-corrected chi connectivity index (χ4v) is 4.24. The largest absolute Gasteiger partial charge is 0.347 e. The normalized spacial score (nSPS) is 10.9. The number of thiazole rings is 1. The minimum Gasteiger partial charge on any atom is -0.347 e. The van der Waals surface area contributed by atoms with Crippen LogP contribution >= 0.6 is 23.1 Å². The number of fused-ring (bicyclic) bond motifs is 1. The van der Waals surface area contributed by atoms with Crippen molar-refractivity contribution in [3.63, 3.8) is 0 Å². The van der Waals surface area contributed by atoms with E-state index in [4.69, 9.17) is 0 Å². The molecule has 0 radical (unpaired) electrons. The van der Waals surface area contributed by atoms with Gasteiger partial charge in [0, 0.05) is 28.9 Å². The Kier molecular flexibility index (Phi) is 6.28. The number of halogens is 1. The number of nitrogens with zero attached hydrogens (tertiary/aromatic N) is 3. The molecule has 0 aliphatic rings. The molecule has 2 heterocycles. The van der Waals surface area contributed by atoms with Gasteiger partial charge in [-0.15, -0.1) is 28.2 Å². The highest BCUT2D eigenvalue weighted by Crippen LogP contribution is 2.23. The Morgan fingerprint density at radius 2 is 2.00 bits per heavy atom. The van der Waals surface area contributed by atoms with Gasteiger partial charge in [0.1, 0.15) is 5.82 Å². The third-order valence-electron chi connectivity index (χ3n) is 4.47. The molecule has 2 aromatic carbocycles. The van der Waals surface area contributed by atoms with Crippen LogP contribution in [0.4, 0.5) is 10.1 Å². The van der Waals surface area contributed by atoms with Crippen molar-refractivity contribution in [3.05, 3.63) is 65.4 Å². The van der Waals surface area contributed by atoms with Gasteiger partial charge in [-0.05, 0) is 36.6 Å². The lowest BCUT2D eigenvalue weighted by molar-refractivity contribution is -0.136. The van der Waals surface area contributed by atoms with E-state index in [9.17, 15) is 14.0 Å². The van der Waals surface area contributed by atoms with Gasteiger partial charge in [-0.3, -0.25) is 9.59 Å². The van der Waals surface area contributed by atoms with E-state index in [0.29, 0.717) is 28.5 Å². The zero-order valence-corrected chi connectivity index (χ0v) is 18.1. The van der Waals surface area contributed by atoms with Crippen molar-refractivity contribution >= 4 is 45.6 Å². The number of rotatable bonds is 6. The van der Waals surface area contributed by atoms with Crippen molar-refractivity contribution < 1.29 is 14.0 Å². The number of carbonyl (C=O) groups is 2. The first-order valence-electron chi connectivity index (χ1n) is 9.36. The van der Waals surface area contributed by atoms with Crippen LogP contribution in [0.3, 0.4) is 0 Å². The van der Waals surface area contributed by atoms with Crippen molar-refractivity contribution in [1.82, 2.24) is 19.9 Å². The van der Waals surface area contributed by atoms with Gasteiger partial charge in [0.25, 0.3) is 0 Å². The van der Waals surface area contributed by atoms with Crippen molar-refractivity contribution in [1.29, 1.82) is 0 Å². The van der Waals surface area contributed by atoms with Crippen molar-refractivity contribution in [2.45, 2.75) is 11.3 Å². The van der Waals surface area contributed by atoms with E-state index in [1.165, 1.54) is 17.4 Å². The second kappa shape index (κ2) is 9.27. The molecule has 158 valence electrons. The van der Waals surface area contributed by atoms with Crippen LogP contribution in [0.1, 0.15) is 5.69 Å². The molecule has 0 fully saturated rings. The second-order valence-electron chi connectivity index (χ2n) is 6.53. The van der Waals surface area contributed by atoms with Gasteiger partial charge in [-0.1, -0.05) is 18.2 Å². The molecule has 2 amide bonds. The lowest BCUT2D eigenvalue weighted by Gasteiger charge is -2.07. The summed E-state index contributed by atoms with van der Waals surface area (Å²) >= 11 is 2.93. The quantitative estimate of drug-likeness (QED) is 0.343. The number of hydrogen-bond donors (Lipinski definition) is 2. The Morgan fingerprint density at radius 1 is 1.16 bits per heavy atom. The average Bonchev–Trinajstić information content (AvgIpc) is 3.35. The standard InChI is InChI=1S/C21H18FN5O2S2/c1-30-15-6-4-5-13(11-15)24-20(29)19(28)23-10-9-14-12-31-21-25-18(26-27(14)21)16-7-2-3-8-17(16)22/h2-8,11-12H,9-10H2,1H3,(H,23,28)(H,24,29). The van der Waals surface area contributed by atoms with Crippen molar-refractivity contribution in [3.8, 4) is 11.4 Å². The summed E-state index contributed by atoms with van der Waals surface area (Å²) in [5, 5.41) is 11.5. The van der Waals surface area contributed by atoms with Crippen LogP contribution in [0.15, 0.2) is 58.8 Å². The number of amides is 2. The van der Waals surface area contributed by atoms with Gasteiger partial charge in [0.05, 0.1) is 11.3 Å². The van der Waals surface area contributed by atoms with Gasteiger partial charge >= 0.3 is 11.8 Å². The summed E-state index contributed by atoms with van der Waals surface area (Å²) in [5.74, 6) is -1.52. The molecule has 2 N–H and O–H groups in total. The topological polar surface area (TPSA) is 88.4 Å². The molecule has 0 bridgehead atoms. The summed E-state index contributed by atoms with van der Waals surface area (Å²) in [6, 6.07) is 13.6. The summed E-state index contributed by atoms with van der Waals surface area (Å²) in [4.78, 5) is 30.2. The lowest BCUT2D eigenvalue weighted by Crippen LogP contribution is -2.36. The first kappa shape index (κ1) is 21.0. The van der Waals surface area contributed by atoms with Crippen LogP contribution in [0, 0.1) is 5.82 Å². The summed E-state index contributed by atoms with van der Waals surface area (Å²) in [5.41, 5.74) is 1.71. The van der Waals surface area contributed by atoms with Gasteiger partial charge in [-0.2, -0.15) is 4.98 Å². The Hall–Kier alpha value is -3.24. The van der Waals surface area contributed by atoms with E-state index in [1.807, 2.05) is 23.8 Å². The third-order valence-corrected chi connectivity index (χ3v) is 6.06. The number of aromatic nitrogens is 3. The van der Waals surface area contributed by atoms with Crippen LogP contribution in [-0.2, 0) is 16.0 Å². The van der Waals surface area contributed by atoms with E-state index in [2.05, 4.69) is 20.7 Å². The Balaban J connectivity index is 1.36. The minimum atomic E-state index is -0.726. The predicted molar refractivity (Wildman–Crippen MR) is 120 cm³/mol. The molecule has 4 rings (SSSR count). The molecule has 2 aromatic heterocycles. The third kappa shape index (κ3) is 4.75. The molecule has 0 aliphatic carbocycles. The Bertz CT molecular complexity index is 1250. The Morgan fingerprint density at radius 3 is 2.81 bits per heavy atom. The first-order valence-corrected chi connectivity index (χ1v) is 11.5. The molecule has 0 saturated heterocycles. The Labute approximate surface area is 185 Å². The molecule has 0 aliphatic heterocycles. The molecule has 4 aromatic rings. The molecule has 0 unspecified atom stereocenters. The van der Waals surface area contributed by atoms with E-state index in [0.717, 1.165) is 10.6 Å². The van der Waals surface area contributed by atoms with Gasteiger partial charge in [-0.25, -0.2) is 8.91 Å². The van der Waals surface area contributed by atoms with Crippen LogP contribution < -0.4 is 10.6 Å². The van der Waals surface area contributed by atoms with E-state index < -0.39 is 11.8 Å². The fraction of sp³-hybridized carbons (Fsp3) is 0.143. The molecular formula is C21H18FN5O2S2. The number of nitrogens with one attached hydrogen (secondary N) is 2. The van der Waals surface area contributed by atoms with Gasteiger partial charge < -0.3 is 10.6 Å². The summed E-state index contributed by atoms with van der Waals surface area (Å²) < 4.78 is 15.6. The lowest BCUT2D eigenvalue weighted by atomic mass is 10.2. The number of benzene rings is 2. The molecule has 7 nitrogen and oxygen atoms in total. The molecule has 10 heteroatoms. The van der Waals surface area contributed by atoms with Gasteiger partial charge in [0.15, 0.2) is 5.82 Å². The highest BCUT2D eigenvalue weighted by molar-refractivity contribution is 7.98. The van der Waals surface area contributed by atoms with E-state index in [-0.39, 0.29) is 12.4 Å². The zero-order chi connectivity index (χ0) is 21.8. The summed E-state index contributed by atoms with van der Waals surface area (Å²) in [6.07, 6.45) is 2.38. The zero-order valence-electron chi connectivity index (χ0n) is 16.5. The minimum absolute atomic E-state index is 0.248. The summed E-state index contributed by atoms with van der Waals surface area (Å²) in [6.45, 7) is 0.248. The maximum atomic E-state index is 14.0. The van der Waals surface area contributed by atoms with Crippen LogP contribution in [-0.4, -0.2) is 39.2 Å². The fourth-order valence-electron chi connectivity index (χ4n) is 2.93. The smallest absolute Gasteiger partial charge is 0.313 e. The second-order valence-corrected chi connectivity index (χ2v) is 8.24. The molecule has 0 saturated carbocycles. The summed E-state index contributed by atoms with van der Waals surface area (Å²) in [7, 11) is 0. The van der Waals surface area contributed by atoms with Crippen LogP contribution in [0.2, 0.25) is 0 Å². The van der Waals surface area contributed by atoms with Crippen molar-refractivity contribution in [2.24, 2.45) is 0 Å². The monoisotopic (exact) mass is 455 g/mol. The highest BCUT2D eigenvalue weighted by Gasteiger charge is 2.16. The van der Waals surface area contributed by atoms with E-state index in [1.54, 1.807) is 46.6 Å².